The van der Waals surface area contributed by atoms with Crippen LogP contribution in [0.25, 0.3) is 0 Å². The van der Waals surface area contributed by atoms with E-state index in [1.807, 2.05) is 0 Å². The Morgan fingerprint density at radius 1 is 1.04 bits per heavy atom. The molecule has 1 atom stereocenters. The minimum Gasteiger partial charge on any atom is -0.743 e. The SMILES string of the molecule is CCC(C)(C)C(=O)OC(OCC(F)(F)S(=O)(=O)[O-])(C(=O)OC)C(F)(F)F. The molecule has 0 aromatic heterocycles. The maximum Gasteiger partial charge on any atom is 0.468 e. The molecule has 0 rings (SSSR count). The zero-order valence-electron chi connectivity index (χ0n) is 14.0. The fourth-order valence-electron chi connectivity index (χ4n) is 1.19. The Balaban J connectivity index is 6.11. The molecule has 0 aliphatic carbocycles. The highest BCUT2D eigenvalue weighted by atomic mass is 32.2. The Bertz CT molecular complexity index is 642. The van der Waals surface area contributed by atoms with Gasteiger partial charge in [-0.2, -0.15) is 22.0 Å². The quantitative estimate of drug-likeness (QED) is 0.254. The molecule has 0 radical (unpaired) electrons. The molecule has 0 fully saturated rings. The second kappa shape index (κ2) is 7.60. The number of carbonyl (C=O) groups excluding carboxylic acids is 2. The van der Waals surface area contributed by atoms with E-state index in [1.54, 1.807) is 0 Å². The van der Waals surface area contributed by atoms with Crippen LogP contribution < -0.4 is 0 Å². The van der Waals surface area contributed by atoms with Gasteiger partial charge in [0.1, 0.15) is 6.61 Å². The second-order valence-corrected chi connectivity index (χ2v) is 7.12. The molecule has 26 heavy (non-hydrogen) atoms. The fourth-order valence-corrected chi connectivity index (χ4v) is 1.39. The highest BCUT2D eigenvalue weighted by Crippen LogP contribution is 2.40. The van der Waals surface area contributed by atoms with Crippen molar-refractivity contribution in [1.82, 2.24) is 0 Å². The van der Waals surface area contributed by atoms with Crippen LogP contribution in [-0.2, 0) is 33.9 Å². The molecular weight excluding hydrogens is 399 g/mol. The number of methoxy groups -OCH3 is 1. The first-order chi connectivity index (χ1) is 11.4. The third-order valence-corrected chi connectivity index (χ3v) is 4.16. The number of carbonyl (C=O) groups is 2. The van der Waals surface area contributed by atoms with E-state index in [-0.39, 0.29) is 6.42 Å². The number of ether oxygens (including phenoxy) is 3. The first kappa shape index (κ1) is 24.5. The van der Waals surface area contributed by atoms with Crippen LogP contribution in [0.2, 0.25) is 0 Å². The van der Waals surface area contributed by atoms with Crippen molar-refractivity contribution in [2.45, 2.75) is 44.4 Å². The number of hydrogen-bond acceptors (Lipinski definition) is 8. The van der Waals surface area contributed by atoms with Crippen molar-refractivity contribution < 1.29 is 58.7 Å². The zero-order chi connectivity index (χ0) is 21.2. The van der Waals surface area contributed by atoms with Crippen LogP contribution in [0.3, 0.4) is 0 Å². The second-order valence-electron chi connectivity index (χ2n) is 5.61. The van der Waals surface area contributed by atoms with Gasteiger partial charge in [-0.1, -0.05) is 6.92 Å². The van der Waals surface area contributed by atoms with Gasteiger partial charge in [-0.15, -0.1) is 0 Å². The predicted octanol–water partition coefficient (Wildman–Crippen LogP) is 1.55. The van der Waals surface area contributed by atoms with Crippen LogP contribution in [0.5, 0.6) is 0 Å². The summed E-state index contributed by atoms with van der Waals surface area (Å²) in [5, 5.41) is -5.34. The van der Waals surface area contributed by atoms with Crippen LogP contribution in [0.15, 0.2) is 0 Å². The molecular formula is C12H16F5O8S-. The number of halogens is 5. The van der Waals surface area contributed by atoms with Crippen molar-refractivity contribution in [1.29, 1.82) is 0 Å². The van der Waals surface area contributed by atoms with Crippen molar-refractivity contribution in [2.75, 3.05) is 13.7 Å². The number of rotatable bonds is 8. The van der Waals surface area contributed by atoms with Gasteiger partial charge in [0.05, 0.1) is 12.5 Å². The molecule has 0 spiro atoms. The van der Waals surface area contributed by atoms with Crippen molar-refractivity contribution in [3.05, 3.63) is 0 Å². The van der Waals surface area contributed by atoms with Gasteiger partial charge < -0.3 is 18.8 Å². The monoisotopic (exact) mass is 415 g/mol. The summed E-state index contributed by atoms with van der Waals surface area (Å²) >= 11 is 0. The summed E-state index contributed by atoms with van der Waals surface area (Å²) in [6, 6.07) is 0. The van der Waals surface area contributed by atoms with E-state index >= 15 is 0 Å². The maximum atomic E-state index is 13.4. The van der Waals surface area contributed by atoms with Crippen molar-refractivity contribution >= 4 is 22.1 Å². The smallest absolute Gasteiger partial charge is 0.468 e. The van der Waals surface area contributed by atoms with E-state index in [0.717, 1.165) is 13.8 Å². The summed E-state index contributed by atoms with van der Waals surface area (Å²) in [6.07, 6.45) is -6.02. The molecule has 0 bridgehead atoms. The number of alkyl halides is 5. The molecule has 0 aliphatic heterocycles. The van der Waals surface area contributed by atoms with E-state index in [4.69, 9.17) is 0 Å². The standard InChI is InChI=1S/C12H17F5O8S/c1-5-9(2,3)7(18)25-11(8(19)23-4,12(15,16)17)24-6-10(13,14)26(20,21)22/h5-6H2,1-4H3,(H,20,21,22)/p-1. The molecule has 0 saturated heterocycles. The highest BCUT2D eigenvalue weighted by molar-refractivity contribution is 7.86. The average Bonchev–Trinajstić information content (AvgIpc) is 2.47. The number of esters is 2. The Labute approximate surface area is 145 Å². The normalized spacial score (nSPS) is 15.9. The lowest BCUT2D eigenvalue weighted by atomic mass is 9.90. The van der Waals surface area contributed by atoms with Crippen LogP contribution >= 0.6 is 0 Å². The van der Waals surface area contributed by atoms with Crippen LogP contribution in [0.4, 0.5) is 22.0 Å². The molecule has 0 N–H and O–H groups in total. The molecule has 8 nitrogen and oxygen atoms in total. The van der Waals surface area contributed by atoms with Crippen LogP contribution in [-0.4, -0.2) is 55.8 Å². The van der Waals surface area contributed by atoms with Crippen molar-refractivity contribution in [2.24, 2.45) is 5.41 Å². The van der Waals surface area contributed by atoms with Gasteiger partial charge in [0, 0.05) is 0 Å². The Morgan fingerprint density at radius 2 is 1.50 bits per heavy atom. The average molecular weight is 415 g/mol. The van der Waals surface area contributed by atoms with Crippen LogP contribution in [0, 0.1) is 5.41 Å². The lowest BCUT2D eigenvalue weighted by Gasteiger charge is -2.35. The van der Waals surface area contributed by atoms with E-state index in [1.165, 1.54) is 6.92 Å². The van der Waals surface area contributed by atoms with Gasteiger partial charge in [-0.25, -0.2) is 13.2 Å². The molecule has 1 unspecified atom stereocenters. The summed E-state index contributed by atoms with van der Waals surface area (Å²) in [6.45, 7) is 0.926. The number of hydrogen-bond donors (Lipinski definition) is 0. The molecule has 0 aromatic carbocycles. The lowest BCUT2D eigenvalue weighted by Crippen LogP contribution is -2.60. The molecule has 14 heteroatoms. The summed E-state index contributed by atoms with van der Waals surface area (Å²) in [4.78, 5) is 23.5. The summed E-state index contributed by atoms with van der Waals surface area (Å²) in [5.74, 6) is -8.82. The largest absolute Gasteiger partial charge is 0.743 e. The fraction of sp³-hybridized carbons (Fsp3) is 0.833. The molecule has 0 aromatic rings. The molecule has 0 amide bonds. The molecule has 0 aliphatic rings. The molecule has 0 saturated carbocycles. The Kier molecular flexibility index (Phi) is 7.15. The van der Waals surface area contributed by atoms with Gasteiger partial charge in [0.15, 0.2) is 10.1 Å². The molecule has 154 valence electrons. The highest BCUT2D eigenvalue weighted by Gasteiger charge is 2.69. The van der Waals surface area contributed by atoms with Gasteiger partial charge in [0.25, 0.3) is 0 Å². The first-order valence-corrected chi connectivity index (χ1v) is 8.14. The summed E-state index contributed by atoms with van der Waals surface area (Å²) in [7, 11) is -6.02. The third kappa shape index (κ3) is 5.01. The van der Waals surface area contributed by atoms with Gasteiger partial charge in [-0.3, -0.25) is 4.79 Å². The topological polar surface area (TPSA) is 119 Å². The lowest BCUT2D eigenvalue weighted by molar-refractivity contribution is -0.362. The van der Waals surface area contributed by atoms with Gasteiger partial charge in [-0.05, 0) is 20.3 Å². The maximum absolute atomic E-state index is 13.4. The van der Waals surface area contributed by atoms with E-state index < -0.39 is 51.3 Å². The summed E-state index contributed by atoms with van der Waals surface area (Å²) in [5.41, 5.74) is -1.60. The predicted molar refractivity (Wildman–Crippen MR) is 71.6 cm³/mol. The minimum absolute atomic E-state index is 0.0773. The van der Waals surface area contributed by atoms with Crippen molar-refractivity contribution in [3.63, 3.8) is 0 Å². The zero-order valence-corrected chi connectivity index (χ0v) is 14.8. The third-order valence-electron chi connectivity index (χ3n) is 3.31. The van der Waals surface area contributed by atoms with E-state index in [2.05, 4.69) is 14.2 Å². The van der Waals surface area contributed by atoms with Crippen LogP contribution in [0.1, 0.15) is 27.2 Å². The molecule has 0 heterocycles. The Morgan fingerprint density at radius 3 is 1.81 bits per heavy atom. The Hall–Kier alpha value is -1.54. The van der Waals surface area contributed by atoms with E-state index in [9.17, 15) is 44.5 Å². The minimum atomic E-state index is -6.43. The van der Waals surface area contributed by atoms with Gasteiger partial charge in [0.2, 0.25) is 0 Å². The van der Waals surface area contributed by atoms with E-state index in [0.29, 0.717) is 7.11 Å². The van der Waals surface area contributed by atoms with Crippen molar-refractivity contribution in [3.8, 4) is 0 Å². The van der Waals surface area contributed by atoms with Gasteiger partial charge >= 0.3 is 29.2 Å². The first-order valence-electron chi connectivity index (χ1n) is 6.73. The summed E-state index contributed by atoms with van der Waals surface area (Å²) < 4.78 is 109.